The third kappa shape index (κ3) is 3.91. The van der Waals surface area contributed by atoms with E-state index in [1.807, 2.05) is 7.05 Å². The van der Waals surface area contributed by atoms with Crippen molar-refractivity contribution in [2.75, 3.05) is 46.4 Å². The van der Waals surface area contributed by atoms with Gasteiger partial charge in [-0.15, -0.1) is 0 Å². The number of likely N-dealkylation sites (N-methyl/N-ethyl adjacent to an activating group) is 1. The molecule has 0 aromatic heterocycles. The Morgan fingerprint density at radius 1 is 1.21 bits per heavy atom. The van der Waals surface area contributed by atoms with E-state index in [1.165, 1.54) is 12.8 Å². The van der Waals surface area contributed by atoms with E-state index in [1.54, 1.807) is 0 Å². The Bertz CT molecular complexity index is 284. The lowest BCUT2D eigenvalue weighted by Gasteiger charge is -2.43. The van der Waals surface area contributed by atoms with Crippen molar-refractivity contribution in [3.8, 4) is 0 Å². The molecule has 1 saturated carbocycles. The van der Waals surface area contributed by atoms with Gasteiger partial charge in [-0.05, 0) is 19.9 Å². The molecule has 0 radical (unpaired) electrons. The van der Waals surface area contributed by atoms with Crippen LogP contribution in [-0.4, -0.2) is 62.8 Å². The van der Waals surface area contributed by atoms with E-state index in [0.717, 1.165) is 45.7 Å². The van der Waals surface area contributed by atoms with E-state index >= 15 is 0 Å². The zero-order chi connectivity index (χ0) is 13.6. The molecule has 110 valence electrons. The zero-order valence-corrected chi connectivity index (χ0v) is 12.0. The summed E-state index contributed by atoms with van der Waals surface area (Å²) in [6.07, 6.45) is 5.47. The molecular weight excluding hydrogens is 242 g/mol. The summed E-state index contributed by atoms with van der Waals surface area (Å²) in [5.41, 5.74) is 0.105. The third-order valence-corrected chi connectivity index (χ3v) is 4.40. The molecule has 5 nitrogen and oxygen atoms in total. The smallest absolute Gasteiger partial charge is 0.221 e. The number of morpholine rings is 1. The maximum absolute atomic E-state index is 12.1. The first-order valence-electron chi connectivity index (χ1n) is 7.51. The zero-order valence-electron chi connectivity index (χ0n) is 12.0. The van der Waals surface area contributed by atoms with E-state index in [9.17, 15) is 4.79 Å². The van der Waals surface area contributed by atoms with E-state index in [-0.39, 0.29) is 11.4 Å². The van der Waals surface area contributed by atoms with Gasteiger partial charge in [0.25, 0.3) is 0 Å². The van der Waals surface area contributed by atoms with E-state index in [0.29, 0.717) is 13.0 Å². The van der Waals surface area contributed by atoms with Crippen LogP contribution in [0.4, 0.5) is 0 Å². The van der Waals surface area contributed by atoms with Crippen LogP contribution in [0.15, 0.2) is 0 Å². The van der Waals surface area contributed by atoms with E-state index in [4.69, 9.17) is 4.74 Å². The second kappa shape index (κ2) is 7.22. The number of hydrogen-bond acceptors (Lipinski definition) is 4. The molecule has 19 heavy (non-hydrogen) atoms. The number of hydrogen-bond donors (Lipinski definition) is 2. The quantitative estimate of drug-likeness (QED) is 0.684. The molecule has 5 heteroatoms. The molecule has 0 atom stereocenters. The first-order chi connectivity index (χ1) is 9.27. The van der Waals surface area contributed by atoms with Gasteiger partial charge >= 0.3 is 0 Å². The van der Waals surface area contributed by atoms with Crippen LogP contribution >= 0.6 is 0 Å². The number of nitrogens with one attached hydrogen (secondary N) is 2. The minimum Gasteiger partial charge on any atom is -0.379 e. The van der Waals surface area contributed by atoms with Gasteiger partial charge in [0.05, 0.1) is 13.2 Å². The van der Waals surface area contributed by atoms with Crippen molar-refractivity contribution in [3.05, 3.63) is 0 Å². The van der Waals surface area contributed by atoms with Gasteiger partial charge in [-0.2, -0.15) is 0 Å². The number of nitrogens with zero attached hydrogens (tertiary/aromatic N) is 1. The SMILES string of the molecule is CNCCNC(=O)CC1(N2CCOCC2)CCCC1. The minimum absolute atomic E-state index is 0.105. The minimum atomic E-state index is 0.105. The van der Waals surface area contributed by atoms with Gasteiger partial charge in [0.15, 0.2) is 0 Å². The second-order valence-electron chi connectivity index (χ2n) is 5.66. The lowest BCUT2D eigenvalue weighted by molar-refractivity contribution is -0.125. The van der Waals surface area contributed by atoms with E-state index in [2.05, 4.69) is 15.5 Å². The predicted molar refractivity (Wildman–Crippen MR) is 75.1 cm³/mol. The summed E-state index contributed by atoms with van der Waals surface area (Å²) in [4.78, 5) is 14.6. The Hall–Kier alpha value is -0.650. The molecule has 1 saturated heterocycles. The Labute approximate surface area is 116 Å². The lowest BCUT2D eigenvalue weighted by Crippen LogP contribution is -2.54. The van der Waals surface area contributed by atoms with Crippen molar-refractivity contribution in [1.82, 2.24) is 15.5 Å². The van der Waals surface area contributed by atoms with Crippen molar-refractivity contribution in [3.63, 3.8) is 0 Å². The first kappa shape index (κ1) is 14.8. The predicted octanol–water partition coefficient (Wildman–Crippen LogP) is 0.357. The molecule has 2 rings (SSSR count). The first-order valence-corrected chi connectivity index (χ1v) is 7.51. The molecule has 1 heterocycles. The van der Waals surface area contributed by atoms with E-state index < -0.39 is 0 Å². The monoisotopic (exact) mass is 269 g/mol. The highest BCUT2D eigenvalue weighted by atomic mass is 16.5. The maximum atomic E-state index is 12.1. The Morgan fingerprint density at radius 3 is 2.53 bits per heavy atom. The van der Waals surface area contributed by atoms with Crippen molar-refractivity contribution >= 4 is 5.91 Å². The number of carbonyl (C=O) groups is 1. The fraction of sp³-hybridized carbons (Fsp3) is 0.929. The highest BCUT2D eigenvalue weighted by Gasteiger charge is 2.41. The summed E-state index contributed by atoms with van der Waals surface area (Å²) in [6, 6.07) is 0. The van der Waals surface area contributed by atoms with Crippen LogP contribution in [0.3, 0.4) is 0 Å². The van der Waals surface area contributed by atoms with Crippen LogP contribution in [0.25, 0.3) is 0 Å². The molecule has 1 aliphatic heterocycles. The molecule has 2 fully saturated rings. The Morgan fingerprint density at radius 2 is 1.89 bits per heavy atom. The molecule has 0 bridgehead atoms. The lowest BCUT2D eigenvalue weighted by atomic mass is 9.90. The van der Waals surface area contributed by atoms with Gasteiger partial charge < -0.3 is 15.4 Å². The normalized spacial score (nSPS) is 23.4. The molecule has 0 spiro atoms. The number of rotatable bonds is 6. The topological polar surface area (TPSA) is 53.6 Å². The Kier molecular flexibility index (Phi) is 5.60. The van der Waals surface area contributed by atoms with Gasteiger partial charge in [0.2, 0.25) is 5.91 Å². The van der Waals surface area contributed by atoms with Gasteiger partial charge in [-0.3, -0.25) is 9.69 Å². The summed E-state index contributed by atoms with van der Waals surface area (Å²) in [7, 11) is 1.90. The van der Waals surface area contributed by atoms with Crippen LogP contribution in [0.1, 0.15) is 32.1 Å². The van der Waals surface area contributed by atoms with Gasteiger partial charge in [-0.25, -0.2) is 0 Å². The van der Waals surface area contributed by atoms with Crippen molar-refractivity contribution in [2.24, 2.45) is 0 Å². The second-order valence-corrected chi connectivity index (χ2v) is 5.66. The number of ether oxygens (including phenoxy) is 1. The molecule has 2 N–H and O–H groups in total. The largest absolute Gasteiger partial charge is 0.379 e. The van der Waals surface area contributed by atoms with Crippen molar-refractivity contribution in [2.45, 2.75) is 37.6 Å². The summed E-state index contributed by atoms with van der Waals surface area (Å²) in [5, 5.41) is 6.06. The molecule has 0 aromatic carbocycles. The summed E-state index contributed by atoms with van der Waals surface area (Å²) in [6.45, 7) is 5.12. The standard InChI is InChI=1S/C14H27N3O2/c1-15-6-7-16-13(18)12-14(4-2-3-5-14)17-8-10-19-11-9-17/h15H,2-12H2,1H3,(H,16,18). The Balaban J connectivity index is 1.89. The van der Waals surface area contributed by atoms with Gasteiger partial charge in [-0.1, -0.05) is 12.8 Å². The van der Waals surface area contributed by atoms with Crippen LogP contribution in [0.2, 0.25) is 0 Å². The average molecular weight is 269 g/mol. The summed E-state index contributed by atoms with van der Waals surface area (Å²) < 4.78 is 5.44. The molecule has 1 aliphatic carbocycles. The molecule has 1 amide bonds. The fourth-order valence-corrected chi connectivity index (χ4v) is 3.36. The average Bonchev–Trinajstić information content (AvgIpc) is 2.90. The van der Waals surface area contributed by atoms with Crippen molar-refractivity contribution < 1.29 is 9.53 Å². The fourth-order valence-electron chi connectivity index (χ4n) is 3.36. The summed E-state index contributed by atoms with van der Waals surface area (Å²) >= 11 is 0. The number of carbonyl (C=O) groups excluding carboxylic acids is 1. The highest BCUT2D eigenvalue weighted by Crippen LogP contribution is 2.38. The molecule has 2 aliphatic rings. The molecule has 0 aromatic rings. The van der Waals surface area contributed by atoms with Crippen LogP contribution in [0.5, 0.6) is 0 Å². The third-order valence-electron chi connectivity index (χ3n) is 4.40. The van der Waals surface area contributed by atoms with Crippen LogP contribution < -0.4 is 10.6 Å². The maximum Gasteiger partial charge on any atom is 0.221 e. The van der Waals surface area contributed by atoms with Gasteiger partial charge in [0.1, 0.15) is 0 Å². The summed E-state index contributed by atoms with van der Waals surface area (Å²) in [5.74, 6) is 0.198. The van der Waals surface area contributed by atoms with Crippen molar-refractivity contribution in [1.29, 1.82) is 0 Å². The molecular formula is C14H27N3O2. The van der Waals surface area contributed by atoms with Gasteiger partial charge in [0, 0.05) is 38.1 Å². The number of amides is 1. The highest BCUT2D eigenvalue weighted by molar-refractivity contribution is 5.77. The van der Waals surface area contributed by atoms with Crippen LogP contribution in [0, 0.1) is 0 Å². The molecule has 0 unspecified atom stereocenters. The van der Waals surface area contributed by atoms with Crippen LogP contribution in [-0.2, 0) is 9.53 Å².